The van der Waals surface area contributed by atoms with Gasteiger partial charge >= 0.3 is 5.97 Å². The highest BCUT2D eigenvalue weighted by atomic mass is 35.5. The van der Waals surface area contributed by atoms with Crippen LogP contribution < -0.4 is 0 Å². The van der Waals surface area contributed by atoms with Gasteiger partial charge < -0.3 is 14.7 Å². The second kappa shape index (κ2) is 10.0. The summed E-state index contributed by atoms with van der Waals surface area (Å²) in [5.74, 6) is -0.508. The molecule has 0 aromatic heterocycles. The number of morpholine rings is 1. The molecule has 0 radical (unpaired) electrons. The number of hydrogen-bond acceptors (Lipinski definition) is 4. The Hall–Kier alpha value is -0.850. The van der Waals surface area contributed by atoms with E-state index >= 15 is 0 Å². The maximum atomic E-state index is 12.6. The van der Waals surface area contributed by atoms with E-state index in [0.717, 1.165) is 38.8 Å². The highest BCUT2D eigenvalue weighted by Gasteiger charge is 2.32. The van der Waals surface area contributed by atoms with Crippen molar-refractivity contribution in [3.8, 4) is 0 Å². The molecule has 2 aliphatic heterocycles. The number of aliphatic carboxylic acids is 1. The lowest BCUT2D eigenvalue weighted by Crippen LogP contribution is -2.53. The Morgan fingerprint density at radius 2 is 1.82 bits per heavy atom. The van der Waals surface area contributed by atoms with Gasteiger partial charge in [0.15, 0.2) is 0 Å². The van der Waals surface area contributed by atoms with Gasteiger partial charge in [-0.15, -0.1) is 12.4 Å². The Balaban J connectivity index is 0.00000242. The molecule has 128 valence electrons. The number of carbonyl (C=O) groups is 2. The van der Waals surface area contributed by atoms with Gasteiger partial charge in [0.25, 0.3) is 0 Å². The quantitative estimate of drug-likeness (QED) is 0.743. The lowest BCUT2D eigenvalue weighted by Gasteiger charge is -2.38. The van der Waals surface area contributed by atoms with Crippen LogP contribution in [0.25, 0.3) is 0 Å². The first kappa shape index (κ1) is 19.2. The maximum Gasteiger partial charge on any atom is 0.303 e. The second-order valence-corrected chi connectivity index (χ2v) is 5.84. The Morgan fingerprint density at radius 1 is 1.09 bits per heavy atom. The standard InChI is InChI=1S/C15H26N2O4.ClH/c18-14(19)6-2-4-8-16-7-3-1-5-13(16)15(20)17-9-11-21-12-10-17;/h13H,1-12H2,(H,18,19);1H. The number of amides is 1. The molecule has 1 unspecified atom stereocenters. The minimum Gasteiger partial charge on any atom is -0.481 e. The zero-order valence-electron chi connectivity index (χ0n) is 13.0. The molecule has 0 aliphatic carbocycles. The molecule has 1 amide bonds. The van der Waals surface area contributed by atoms with Gasteiger partial charge in [0.1, 0.15) is 0 Å². The van der Waals surface area contributed by atoms with Crippen LogP contribution in [-0.2, 0) is 14.3 Å². The molecule has 7 heteroatoms. The summed E-state index contributed by atoms with van der Waals surface area (Å²) in [7, 11) is 0. The predicted molar refractivity (Wildman–Crippen MR) is 85.3 cm³/mol. The predicted octanol–water partition coefficient (Wildman–Crippen LogP) is 1.38. The first-order valence-electron chi connectivity index (χ1n) is 8.01. The lowest BCUT2D eigenvalue weighted by atomic mass is 10.00. The van der Waals surface area contributed by atoms with Crippen molar-refractivity contribution in [2.45, 2.75) is 44.6 Å². The maximum absolute atomic E-state index is 12.6. The van der Waals surface area contributed by atoms with E-state index in [-0.39, 0.29) is 30.8 Å². The minimum atomic E-state index is -0.741. The average molecular weight is 335 g/mol. The molecular weight excluding hydrogens is 308 g/mol. The molecule has 0 aromatic carbocycles. The molecule has 2 rings (SSSR count). The van der Waals surface area contributed by atoms with Crippen LogP contribution in [0.5, 0.6) is 0 Å². The van der Waals surface area contributed by atoms with Crippen molar-refractivity contribution in [3.05, 3.63) is 0 Å². The largest absolute Gasteiger partial charge is 0.481 e. The fourth-order valence-corrected chi connectivity index (χ4v) is 3.12. The molecule has 0 spiro atoms. The Morgan fingerprint density at radius 3 is 2.50 bits per heavy atom. The third kappa shape index (κ3) is 5.74. The van der Waals surface area contributed by atoms with Gasteiger partial charge in [-0.25, -0.2) is 0 Å². The number of nitrogens with zero attached hydrogens (tertiary/aromatic N) is 2. The number of carbonyl (C=O) groups excluding carboxylic acids is 1. The van der Waals surface area contributed by atoms with E-state index in [1.165, 1.54) is 0 Å². The van der Waals surface area contributed by atoms with Crippen molar-refractivity contribution in [1.82, 2.24) is 9.80 Å². The van der Waals surface area contributed by atoms with Gasteiger partial charge in [-0.2, -0.15) is 0 Å². The molecule has 0 bridgehead atoms. The van der Waals surface area contributed by atoms with E-state index in [2.05, 4.69) is 4.90 Å². The van der Waals surface area contributed by atoms with Gasteiger partial charge in [0, 0.05) is 19.5 Å². The summed E-state index contributed by atoms with van der Waals surface area (Å²) >= 11 is 0. The van der Waals surface area contributed by atoms with E-state index in [1.807, 2.05) is 4.90 Å². The van der Waals surface area contributed by atoms with Crippen LogP contribution in [0.15, 0.2) is 0 Å². The first-order valence-corrected chi connectivity index (χ1v) is 8.01. The number of piperidine rings is 1. The number of unbranched alkanes of at least 4 members (excludes halogenated alkanes) is 1. The molecule has 2 aliphatic rings. The average Bonchev–Trinajstić information content (AvgIpc) is 2.52. The van der Waals surface area contributed by atoms with Crippen LogP contribution in [0.2, 0.25) is 0 Å². The van der Waals surface area contributed by atoms with Crippen molar-refractivity contribution in [2.75, 3.05) is 39.4 Å². The highest BCUT2D eigenvalue weighted by molar-refractivity contribution is 5.85. The van der Waals surface area contributed by atoms with Crippen LogP contribution in [0.3, 0.4) is 0 Å². The smallest absolute Gasteiger partial charge is 0.303 e. The Labute approximate surface area is 138 Å². The van der Waals surface area contributed by atoms with Crippen molar-refractivity contribution in [1.29, 1.82) is 0 Å². The topological polar surface area (TPSA) is 70.1 Å². The third-order valence-electron chi connectivity index (χ3n) is 4.31. The van der Waals surface area contributed by atoms with E-state index in [9.17, 15) is 9.59 Å². The summed E-state index contributed by atoms with van der Waals surface area (Å²) in [6.45, 7) is 4.44. The summed E-state index contributed by atoms with van der Waals surface area (Å²) in [6.07, 6.45) is 4.91. The number of halogens is 1. The summed E-state index contributed by atoms with van der Waals surface area (Å²) in [5, 5.41) is 8.67. The monoisotopic (exact) mass is 334 g/mol. The van der Waals surface area contributed by atoms with Crippen molar-refractivity contribution in [2.24, 2.45) is 0 Å². The van der Waals surface area contributed by atoms with Crippen LogP contribution in [-0.4, -0.2) is 72.2 Å². The van der Waals surface area contributed by atoms with Crippen LogP contribution >= 0.6 is 12.4 Å². The minimum absolute atomic E-state index is 0. The fraction of sp³-hybridized carbons (Fsp3) is 0.867. The lowest BCUT2D eigenvalue weighted by molar-refractivity contribution is -0.142. The summed E-state index contributed by atoms with van der Waals surface area (Å²) in [6, 6.07) is -0.0123. The van der Waals surface area contributed by atoms with Crippen LogP contribution in [0, 0.1) is 0 Å². The molecule has 0 aromatic rings. The van der Waals surface area contributed by atoms with E-state index in [0.29, 0.717) is 32.7 Å². The molecule has 2 fully saturated rings. The summed E-state index contributed by atoms with van der Waals surface area (Å²) in [5.41, 5.74) is 0. The molecule has 0 saturated carbocycles. The van der Waals surface area contributed by atoms with E-state index < -0.39 is 5.97 Å². The highest BCUT2D eigenvalue weighted by Crippen LogP contribution is 2.20. The number of carboxylic acids is 1. The summed E-state index contributed by atoms with van der Waals surface area (Å²) in [4.78, 5) is 27.4. The number of hydrogen-bond donors (Lipinski definition) is 1. The fourth-order valence-electron chi connectivity index (χ4n) is 3.12. The zero-order chi connectivity index (χ0) is 15.1. The number of carboxylic acid groups (broad SMARTS) is 1. The van der Waals surface area contributed by atoms with Gasteiger partial charge in [-0.1, -0.05) is 6.42 Å². The van der Waals surface area contributed by atoms with Crippen molar-refractivity contribution >= 4 is 24.3 Å². The summed E-state index contributed by atoms with van der Waals surface area (Å²) < 4.78 is 5.30. The molecule has 22 heavy (non-hydrogen) atoms. The van der Waals surface area contributed by atoms with Crippen LogP contribution in [0.4, 0.5) is 0 Å². The number of rotatable bonds is 6. The molecule has 1 N–H and O–H groups in total. The van der Waals surface area contributed by atoms with Gasteiger partial charge in [-0.3, -0.25) is 14.5 Å². The van der Waals surface area contributed by atoms with Crippen molar-refractivity contribution in [3.63, 3.8) is 0 Å². The van der Waals surface area contributed by atoms with E-state index in [1.54, 1.807) is 0 Å². The second-order valence-electron chi connectivity index (χ2n) is 5.84. The van der Waals surface area contributed by atoms with E-state index in [4.69, 9.17) is 9.84 Å². The Kier molecular flexibility index (Phi) is 8.75. The number of ether oxygens (including phenoxy) is 1. The number of likely N-dealkylation sites (tertiary alicyclic amines) is 1. The molecular formula is C15H27ClN2O4. The Bertz CT molecular complexity index is 361. The van der Waals surface area contributed by atoms with Gasteiger partial charge in [0.05, 0.1) is 19.3 Å². The van der Waals surface area contributed by atoms with Gasteiger partial charge in [-0.05, 0) is 38.8 Å². The molecule has 2 saturated heterocycles. The molecule has 6 nitrogen and oxygen atoms in total. The van der Waals surface area contributed by atoms with Crippen molar-refractivity contribution < 1.29 is 19.4 Å². The first-order chi connectivity index (χ1) is 10.2. The molecule has 2 heterocycles. The van der Waals surface area contributed by atoms with Crippen LogP contribution in [0.1, 0.15) is 38.5 Å². The third-order valence-corrected chi connectivity index (χ3v) is 4.31. The SMILES string of the molecule is Cl.O=C(O)CCCCN1CCCCC1C(=O)N1CCOCC1. The molecule has 1 atom stereocenters. The zero-order valence-corrected chi connectivity index (χ0v) is 13.9. The normalized spacial score (nSPS) is 22.9. The van der Waals surface area contributed by atoms with Gasteiger partial charge in [0.2, 0.25) is 5.91 Å².